The number of amides is 2. The molecule has 1 aliphatic heterocycles. The van der Waals surface area contributed by atoms with Crippen molar-refractivity contribution in [3.05, 3.63) is 78.1 Å². The number of hydrogen-bond acceptors (Lipinski definition) is 7. The average molecular weight is 640 g/mol. The molecule has 5 rings (SSSR count). The van der Waals surface area contributed by atoms with Gasteiger partial charge in [-0.3, -0.25) is 13.9 Å². The third-order valence-electron chi connectivity index (χ3n) is 8.09. The lowest BCUT2D eigenvalue weighted by Gasteiger charge is -2.34. The Kier molecular flexibility index (Phi) is 10.1. The highest BCUT2D eigenvalue weighted by molar-refractivity contribution is 7.92. The van der Waals surface area contributed by atoms with Crippen molar-refractivity contribution in [1.82, 2.24) is 10.2 Å². The van der Waals surface area contributed by atoms with Crippen molar-refractivity contribution in [2.45, 2.75) is 62.6 Å². The van der Waals surface area contributed by atoms with Crippen LogP contribution in [0.25, 0.3) is 0 Å². The summed E-state index contributed by atoms with van der Waals surface area (Å²) in [4.78, 5) is 29.2. The number of ether oxygens (including phenoxy) is 3. The highest BCUT2D eigenvalue weighted by Crippen LogP contribution is 2.34. The van der Waals surface area contributed by atoms with Gasteiger partial charge in [0.2, 0.25) is 11.8 Å². The van der Waals surface area contributed by atoms with Crippen LogP contribution in [-0.4, -0.2) is 64.1 Å². The van der Waals surface area contributed by atoms with Gasteiger partial charge in [0.05, 0.1) is 17.7 Å². The van der Waals surface area contributed by atoms with Gasteiger partial charge in [0, 0.05) is 18.7 Å². The lowest BCUT2D eigenvalue weighted by molar-refractivity contribution is -0.140. The van der Waals surface area contributed by atoms with Gasteiger partial charge in [0.15, 0.2) is 11.5 Å². The van der Waals surface area contributed by atoms with Crippen LogP contribution in [0.5, 0.6) is 17.2 Å². The molecule has 1 N–H and O–H groups in total. The predicted octanol–water partition coefficient (Wildman–Crippen LogP) is 4.67. The van der Waals surface area contributed by atoms with Gasteiger partial charge in [-0.1, -0.05) is 31.9 Å². The smallest absolute Gasteiger partial charge is 0.264 e. The standard InChI is InChI=1S/C33H38FN3O7S/c1-3-29(33(39)35-25-6-4-5-7-25)36(21-23-8-14-27(42-2)15-9-23)32(38)22-37(26-12-10-24(34)11-13-26)45(40,41)28-16-17-30-31(20-28)44-19-18-43-30/h8-17,20,25,29H,3-7,18-19,21-22H2,1-2H3,(H,35,39). The van der Waals surface area contributed by atoms with Crippen LogP contribution in [0.1, 0.15) is 44.6 Å². The molecule has 240 valence electrons. The molecule has 0 aromatic heterocycles. The number of carbonyl (C=O) groups excluding carboxylic acids is 2. The first-order chi connectivity index (χ1) is 21.7. The fourth-order valence-electron chi connectivity index (χ4n) is 5.66. The van der Waals surface area contributed by atoms with Gasteiger partial charge in [0.25, 0.3) is 10.0 Å². The summed E-state index contributed by atoms with van der Waals surface area (Å²) in [5.41, 5.74) is 0.826. The van der Waals surface area contributed by atoms with E-state index in [0.717, 1.165) is 47.7 Å². The first-order valence-corrected chi connectivity index (χ1v) is 16.5. The normalized spacial score (nSPS) is 15.3. The minimum Gasteiger partial charge on any atom is -0.497 e. The van der Waals surface area contributed by atoms with Crippen molar-refractivity contribution in [2.24, 2.45) is 0 Å². The van der Waals surface area contributed by atoms with Gasteiger partial charge in [-0.15, -0.1) is 0 Å². The number of hydrogen-bond donors (Lipinski definition) is 1. The molecule has 10 nitrogen and oxygen atoms in total. The molecule has 2 amide bonds. The third-order valence-corrected chi connectivity index (χ3v) is 9.86. The van der Waals surface area contributed by atoms with Crippen LogP contribution in [0.4, 0.5) is 10.1 Å². The van der Waals surface area contributed by atoms with Crippen LogP contribution in [0.2, 0.25) is 0 Å². The first kappa shape index (κ1) is 32.1. The van der Waals surface area contributed by atoms with E-state index < -0.39 is 34.3 Å². The second-order valence-corrected chi connectivity index (χ2v) is 12.9. The number of nitrogens with one attached hydrogen (secondary N) is 1. The zero-order valence-electron chi connectivity index (χ0n) is 25.4. The van der Waals surface area contributed by atoms with E-state index in [2.05, 4.69) is 5.32 Å². The number of carbonyl (C=O) groups is 2. The Balaban J connectivity index is 1.50. The molecule has 2 aliphatic rings. The lowest BCUT2D eigenvalue weighted by Crippen LogP contribution is -2.53. The topological polar surface area (TPSA) is 114 Å². The van der Waals surface area contributed by atoms with Crippen molar-refractivity contribution in [3.63, 3.8) is 0 Å². The summed E-state index contributed by atoms with van der Waals surface area (Å²) < 4.78 is 59.6. The Hall–Kier alpha value is -4.32. The van der Waals surface area contributed by atoms with Crippen molar-refractivity contribution >= 4 is 27.5 Å². The molecular formula is C33H38FN3O7S. The summed E-state index contributed by atoms with van der Waals surface area (Å²) >= 11 is 0. The zero-order valence-corrected chi connectivity index (χ0v) is 26.2. The molecule has 1 unspecified atom stereocenters. The van der Waals surface area contributed by atoms with Crippen LogP contribution in [0, 0.1) is 5.82 Å². The van der Waals surface area contributed by atoms with Crippen molar-refractivity contribution < 1.29 is 36.6 Å². The summed E-state index contributed by atoms with van der Waals surface area (Å²) in [5, 5.41) is 3.09. The van der Waals surface area contributed by atoms with E-state index in [4.69, 9.17) is 14.2 Å². The minimum atomic E-state index is -4.37. The number of anilines is 1. The molecule has 0 saturated heterocycles. The molecule has 3 aromatic rings. The number of rotatable bonds is 12. The van der Waals surface area contributed by atoms with E-state index in [9.17, 15) is 22.4 Å². The molecule has 0 radical (unpaired) electrons. The van der Waals surface area contributed by atoms with Crippen LogP contribution in [0.15, 0.2) is 71.6 Å². The quantitative estimate of drug-likeness (QED) is 0.307. The minimum absolute atomic E-state index is 0.0378. The zero-order chi connectivity index (χ0) is 32.0. The van der Waals surface area contributed by atoms with Crippen molar-refractivity contribution in [3.8, 4) is 17.2 Å². The second kappa shape index (κ2) is 14.2. The average Bonchev–Trinajstić information content (AvgIpc) is 3.57. The lowest BCUT2D eigenvalue weighted by atomic mass is 10.1. The maximum absolute atomic E-state index is 14.3. The molecule has 1 saturated carbocycles. The summed E-state index contributed by atoms with van der Waals surface area (Å²) in [5.74, 6) is -0.120. The molecule has 0 spiro atoms. The van der Waals surface area contributed by atoms with Crippen LogP contribution >= 0.6 is 0 Å². The SMILES string of the molecule is CCC(C(=O)NC1CCCC1)N(Cc1ccc(OC)cc1)C(=O)CN(c1ccc(F)cc1)S(=O)(=O)c1ccc2c(c1)OCCO2. The second-order valence-electron chi connectivity index (χ2n) is 11.1. The molecule has 1 aliphatic carbocycles. The fraction of sp³-hybridized carbons (Fsp3) is 0.394. The molecule has 3 aromatic carbocycles. The first-order valence-electron chi connectivity index (χ1n) is 15.1. The predicted molar refractivity (Wildman–Crippen MR) is 166 cm³/mol. The summed E-state index contributed by atoms with van der Waals surface area (Å²) in [6, 6.07) is 15.4. The molecule has 12 heteroatoms. The maximum atomic E-state index is 14.3. The Labute approximate surface area is 263 Å². The van der Waals surface area contributed by atoms with E-state index >= 15 is 0 Å². The van der Waals surface area contributed by atoms with Crippen LogP contribution in [-0.2, 0) is 26.2 Å². The summed E-state index contributed by atoms with van der Waals surface area (Å²) in [6.45, 7) is 1.84. The number of benzene rings is 3. The van der Waals surface area contributed by atoms with Crippen LogP contribution in [0.3, 0.4) is 0 Å². The molecule has 45 heavy (non-hydrogen) atoms. The molecule has 0 bridgehead atoms. The van der Waals surface area contributed by atoms with Gasteiger partial charge in [-0.05, 0) is 73.4 Å². The third kappa shape index (κ3) is 7.50. The molecular weight excluding hydrogens is 601 g/mol. The Morgan fingerprint density at radius 1 is 0.978 bits per heavy atom. The van der Waals surface area contributed by atoms with E-state index in [-0.39, 0.29) is 41.4 Å². The van der Waals surface area contributed by atoms with Crippen LogP contribution < -0.4 is 23.8 Å². The Morgan fingerprint density at radius 2 is 1.64 bits per heavy atom. The molecule has 1 heterocycles. The van der Waals surface area contributed by atoms with Gasteiger partial charge >= 0.3 is 0 Å². The van der Waals surface area contributed by atoms with Gasteiger partial charge in [-0.2, -0.15) is 0 Å². The maximum Gasteiger partial charge on any atom is 0.264 e. The highest BCUT2D eigenvalue weighted by atomic mass is 32.2. The largest absolute Gasteiger partial charge is 0.497 e. The number of methoxy groups -OCH3 is 1. The Morgan fingerprint density at radius 3 is 2.29 bits per heavy atom. The fourth-order valence-corrected chi connectivity index (χ4v) is 7.09. The molecule has 1 atom stereocenters. The number of nitrogens with zero attached hydrogens (tertiary/aromatic N) is 2. The summed E-state index contributed by atoms with van der Waals surface area (Å²) in [6.07, 6.45) is 4.12. The van der Waals surface area contributed by atoms with E-state index in [1.54, 1.807) is 31.4 Å². The van der Waals surface area contributed by atoms with E-state index in [1.807, 2.05) is 6.92 Å². The molecule has 1 fully saturated rings. The number of sulfonamides is 1. The van der Waals surface area contributed by atoms with Gasteiger partial charge in [-0.25, -0.2) is 12.8 Å². The van der Waals surface area contributed by atoms with Crippen molar-refractivity contribution in [2.75, 3.05) is 31.2 Å². The Bertz CT molecular complexity index is 1590. The van der Waals surface area contributed by atoms with Crippen molar-refractivity contribution in [1.29, 1.82) is 0 Å². The van der Waals surface area contributed by atoms with E-state index in [0.29, 0.717) is 24.5 Å². The number of fused-ring (bicyclic) bond motifs is 1. The number of halogens is 1. The highest BCUT2D eigenvalue weighted by Gasteiger charge is 2.35. The monoisotopic (exact) mass is 639 g/mol. The van der Waals surface area contributed by atoms with Gasteiger partial charge in [0.1, 0.15) is 37.4 Å². The summed E-state index contributed by atoms with van der Waals surface area (Å²) in [7, 11) is -2.82. The van der Waals surface area contributed by atoms with E-state index in [1.165, 1.54) is 35.2 Å². The van der Waals surface area contributed by atoms with Gasteiger partial charge < -0.3 is 24.4 Å².